The summed E-state index contributed by atoms with van der Waals surface area (Å²) in [5, 5.41) is 3.12. The molecule has 3 nitrogen and oxygen atoms in total. The minimum absolute atomic E-state index is 0.0385. The number of aryl methyl sites for hydroxylation is 1. The van der Waals surface area contributed by atoms with E-state index in [4.69, 9.17) is 4.74 Å². The topological polar surface area (TPSA) is 38.3 Å². The van der Waals surface area contributed by atoms with Crippen molar-refractivity contribution < 1.29 is 9.53 Å². The molecule has 0 spiro atoms. The highest BCUT2D eigenvalue weighted by Crippen LogP contribution is 2.37. The van der Waals surface area contributed by atoms with E-state index in [1.807, 2.05) is 19.1 Å². The van der Waals surface area contributed by atoms with Crippen LogP contribution >= 0.6 is 31.9 Å². The number of carbonyl (C=O) groups is 1. The van der Waals surface area contributed by atoms with E-state index in [2.05, 4.69) is 57.9 Å². The van der Waals surface area contributed by atoms with E-state index < -0.39 is 0 Å². The van der Waals surface area contributed by atoms with Gasteiger partial charge in [0.2, 0.25) is 0 Å². The first-order valence-electron chi connectivity index (χ1n) is 8.54. The maximum atomic E-state index is 12.2. The number of benzene rings is 1. The molecule has 2 rings (SSSR count). The normalized spacial score (nSPS) is 21.4. The van der Waals surface area contributed by atoms with Crippen LogP contribution in [0.2, 0.25) is 0 Å². The molecule has 0 radical (unpaired) electrons. The minimum Gasteiger partial charge on any atom is -0.482 e. The second-order valence-corrected chi connectivity index (χ2v) is 9.57. The molecule has 0 atom stereocenters. The predicted molar refractivity (Wildman–Crippen MR) is 105 cm³/mol. The van der Waals surface area contributed by atoms with Crippen LogP contribution in [-0.2, 0) is 4.79 Å². The molecule has 1 aliphatic rings. The fourth-order valence-corrected chi connectivity index (χ4v) is 4.94. The van der Waals surface area contributed by atoms with Gasteiger partial charge in [-0.3, -0.25) is 4.79 Å². The van der Waals surface area contributed by atoms with Crippen LogP contribution in [0.1, 0.15) is 52.0 Å². The van der Waals surface area contributed by atoms with Gasteiger partial charge in [0, 0.05) is 10.5 Å². The van der Waals surface area contributed by atoms with E-state index in [9.17, 15) is 4.79 Å². The lowest BCUT2D eigenvalue weighted by atomic mass is 9.71. The number of amides is 1. The van der Waals surface area contributed by atoms with Crippen molar-refractivity contribution in [3.63, 3.8) is 0 Å². The summed E-state index contributed by atoms with van der Waals surface area (Å²) in [4.78, 5) is 12.2. The quantitative estimate of drug-likeness (QED) is 0.633. The van der Waals surface area contributed by atoms with E-state index in [-0.39, 0.29) is 18.6 Å². The first-order valence-corrected chi connectivity index (χ1v) is 10.1. The highest BCUT2D eigenvalue weighted by atomic mass is 79.9. The van der Waals surface area contributed by atoms with Gasteiger partial charge in [-0.25, -0.2) is 0 Å². The fourth-order valence-electron chi connectivity index (χ4n) is 3.38. The second kappa shape index (κ2) is 8.22. The van der Waals surface area contributed by atoms with Crippen LogP contribution in [0.4, 0.5) is 0 Å². The van der Waals surface area contributed by atoms with Gasteiger partial charge in [-0.2, -0.15) is 0 Å². The summed E-state index contributed by atoms with van der Waals surface area (Å²) in [6.45, 7) is 8.95. The van der Waals surface area contributed by atoms with Crippen LogP contribution in [0.5, 0.6) is 5.75 Å². The molecule has 1 amide bonds. The van der Waals surface area contributed by atoms with Gasteiger partial charge < -0.3 is 10.1 Å². The fraction of sp³-hybridized carbons (Fsp3) is 0.632. The average molecular weight is 461 g/mol. The second-order valence-electron chi connectivity index (χ2n) is 7.80. The summed E-state index contributed by atoms with van der Waals surface area (Å²) >= 11 is 6.93. The third kappa shape index (κ3) is 5.48. The zero-order chi connectivity index (χ0) is 17.9. The van der Waals surface area contributed by atoms with Gasteiger partial charge in [0.1, 0.15) is 5.75 Å². The van der Waals surface area contributed by atoms with Gasteiger partial charge in [-0.05, 0) is 77.6 Å². The summed E-state index contributed by atoms with van der Waals surface area (Å²) in [7, 11) is 0. The number of halogens is 2. The molecule has 0 aliphatic heterocycles. The van der Waals surface area contributed by atoms with Gasteiger partial charge in [0.15, 0.2) is 6.61 Å². The molecule has 0 saturated heterocycles. The van der Waals surface area contributed by atoms with Crippen LogP contribution in [0, 0.1) is 18.3 Å². The first kappa shape index (κ1) is 19.8. The van der Waals surface area contributed by atoms with Crippen LogP contribution in [0.15, 0.2) is 21.1 Å². The van der Waals surface area contributed by atoms with Crippen molar-refractivity contribution in [2.24, 2.45) is 11.3 Å². The van der Waals surface area contributed by atoms with Gasteiger partial charge in [-0.15, -0.1) is 0 Å². The summed E-state index contributed by atoms with van der Waals surface area (Å²) in [5.41, 5.74) is 1.36. The lowest BCUT2D eigenvalue weighted by Crippen LogP contribution is -2.41. The largest absolute Gasteiger partial charge is 0.482 e. The van der Waals surface area contributed by atoms with Crippen LogP contribution < -0.4 is 10.1 Å². The summed E-state index contributed by atoms with van der Waals surface area (Å²) in [6, 6.07) is 4.19. The van der Waals surface area contributed by atoms with Crippen molar-refractivity contribution in [3.8, 4) is 5.75 Å². The van der Waals surface area contributed by atoms with Crippen molar-refractivity contribution in [1.82, 2.24) is 5.32 Å². The molecular weight excluding hydrogens is 434 g/mol. The highest BCUT2D eigenvalue weighted by Gasteiger charge is 2.30. The number of carbonyl (C=O) groups excluding carboxylic acids is 1. The molecule has 1 fully saturated rings. The molecule has 0 bridgehead atoms. The Morgan fingerprint density at radius 1 is 1.21 bits per heavy atom. The smallest absolute Gasteiger partial charge is 0.258 e. The standard InChI is InChI=1S/C19H27Br2NO2/c1-12-9-14(20)10-16(21)18(12)24-11-17(23)22-15-7-5-13(6-8-15)19(2,3)4/h9-10,13,15H,5-8,11H2,1-4H3,(H,22,23). The number of rotatable bonds is 4. The van der Waals surface area contributed by atoms with E-state index in [1.165, 1.54) is 12.8 Å². The maximum Gasteiger partial charge on any atom is 0.258 e. The van der Waals surface area contributed by atoms with E-state index in [0.717, 1.165) is 39.0 Å². The van der Waals surface area contributed by atoms with E-state index in [1.54, 1.807) is 0 Å². The van der Waals surface area contributed by atoms with Crippen molar-refractivity contribution in [2.75, 3.05) is 6.61 Å². The molecule has 1 saturated carbocycles. The third-order valence-corrected chi connectivity index (χ3v) is 5.91. The van der Waals surface area contributed by atoms with Gasteiger partial charge in [-0.1, -0.05) is 36.7 Å². The van der Waals surface area contributed by atoms with E-state index in [0.29, 0.717) is 5.41 Å². The monoisotopic (exact) mass is 459 g/mol. The zero-order valence-electron chi connectivity index (χ0n) is 14.9. The minimum atomic E-state index is -0.0385. The van der Waals surface area contributed by atoms with Crippen molar-refractivity contribution in [2.45, 2.75) is 59.4 Å². The Balaban J connectivity index is 1.81. The van der Waals surface area contributed by atoms with Crippen LogP contribution in [0.3, 0.4) is 0 Å². The Labute approximate surface area is 162 Å². The predicted octanol–water partition coefficient (Wildman–Crippen LogP) is 5.62. The Morgan fingerprint density at radius 2 is 1.83 bits per heavy atom. The first-order chi connectivity index (χ1) is 11.2. The number of ether oxygens (including phenoxy) is 1. The molecule has 24 heavy (non-hydrogen) atoms. The lowest BCUT2D eigenvalue weighted by molar-refractivity contribution is -0.124. The molecule has 0 aromatic heterocycles. The summed E-state index contributed by atoms with van der Waals surface area (Å²) < 4.78 is 7.56. The summed E-state index contributed by atoms with van der Waals surface area (Å²) in [6.07, 6.45) is 4.50. The molecule has 5 heteroatoms. The summed E-state index contributed by atoms with van der Waals surface area (Å²) in [5.74, 6) is 1.44. The molecule has 1 N–H and O–H groups in total. The molecule has 0 heterocycles. The number of nitrogens with one attached hydrogen (secondary N) is 1. The Morgan fingerprint density at radius 3 is 2.38 bits per heavy atom. The lowest BCUT2D eigenvalue weighted by Gasteiger charge is -2.37. The molecule has 1 aromatic rings. The van der Waals surface area contributed by atoms with Crippen LogP contribution in [-0.4, -0.2) is 18.6 Å². The van der Waals surface area contributed by atoms with E-state index >= 15 is 0 Å². The third-order valence-electron chi connectivity index (χ3n) is 4.86. The molecule has 1 aromatic carbocycles. The highest BCUT2D eigenvalue weighted by molar-refractivity contribution is 9.11. The van der Waals surface area contributed by atoms with Crippen molar-refractivity contribution in [1.29, 1.82) is 0 Å². The van der Waals surface area contributed by atoms with Gasteiger partial charge >= 0.3 is 0 Å². The van der Waals surface area contributed by atoms with Crippen molar-refractivity contribution >= 4 is 37.8 Å². The Bertz CT molecular complexity index is 565. The van der Waals surface area contributed by atoms with Gasteiger partial charge in [0.25, 0.3) is 5.91 Å². The van der Waals surface area contributed by atoms with Crippen molar-refractivity contribution in [3.05, 3.63) is 26.6 Å². The number of hydrogen-bond donors (Lipinski definition) is 1. The molecule has 0 unspecified atom stereocenters. The molecule has 134 valence electrons. The SMILES string of the molecule is Cc1cc(Br)cc(Br)c1OCC(=O)NC1CCC(C(C)(C)C)CC1. The molecule has 1 aliphatic carbocycles. The Kier molecular flexibility index (Phi) is 6.77. The van der Waals surface area contributed by atoms with Crippen LogP contribution in [0.25, 0.3) is 0 Å². The van der Waals surface area contributed by atoms with Gasteiger partial charge in [0.05, 0.1) is 4.47 Å². The number of hydrogen-bond acceptors (Lipinski definition) is 2. The zero-order valence-corrected chi connectivity index (χ0v) is 18.1. The molecular formula is C19H27Br2NO2. The average Bonchev–Trinajstić information content (AvgIpc) is 2.45. The maximum absolute atomic E-state index is 12.2. The Hall–Kier alpha value is -0.550.